The Morgan fingerprint density at radius 2 is 1.81 bits per heavy atom. The number of hydrogen-bond donors (Lipinski definition) is 2. The monoisotopic (exact) mass is 386 g/mol. The molecule has 0 saturated carbocycles. The van der Waals surface area contributed by atoms with Gasteiger partial charge in [-0.3, -0.25) is 4.79 Å². The number of nitrogens with one attached hydrogen (secondary N) is 2. The molecular weight excluding hydrogens is 364 g/mol. The second-order valence-electron chi connectivity index (χ2n) is 7.00. The van der Waals surface area contributed by atoms with E-state index in [9.17, 15) is 4.79 Å². The number of rotatable bonds is 6. The number of carbonyl (C=O) groups excluding carboxylic acids is 1. The third kappa shape index (κ3) is 3.74. The minimum atomic E-state index is -0.295. The molecule has 0 saturated heterocycles. The Kier molecular flexibility index (Phi) is 5.33. The molecular formula is C21H23ClN2O3. The van der Waals surface area contributed by atoms with Crippen molar-refractivity contribution in [1.29, 1.82) is 0 Å². The molecule has 2 N–H and O–H groups in total. The largest absolute Gasteiger partial charge is 0.496 e. The van der Waals surface area contributed by atoms with Crippen molar-refractivity contribution in [3.8, 4) is 11.5 Å². The Bertz CT molecular complexity index is 956. The molecule has 2 aromatic carbocycles. The number of ether oxygens (including phenoxy) is 2. The number of aromatic amines is 1. The summed E-state index contributed by atoms with van der Waals surface area (Å²) in [7, 11) is 3.07. The van der Waals surface area contributed by atoms with E-state index in [0.29, 0.717) is 28.6 Å². The smallest absolute Gasteiger partial charge is 0.258 e. The summed E-state index contributed by atoms with van der Waals surface area (Å²) in [5.74, 6) is 0.720. The van der Waals surface area contributed by atoms with E-state index in [1.165, 1.54) is 14.2 Å². The van der Waals surface area contributed by atoms with Gasteiger partial charge in [-0.05, 0) is 29.8 Å². The lowest BCUT2D eigenvalue weighted by Gasteiger charge is -2.25. The average molecular weight is 387 g/mol. The number of amides is 1. The normalized spacial score (nSPS) is 11.4. The summed E-state index contributed by atoms with van der Waals surface area (Å²) in [5, 5.41) is 4.79. The van der Waals surface area contributed by atoms with Crippen LogP contribution in [0.5, 0.6) is 11.5 Å². The standard InChI is InChI=1S/C21H23ClN2O3/c1-21(2,15-11-23-16-10-13(22)8-9-14(15)16)12-24-20(25)19-17(26-3)6-5-7-18(19)27-4/h5-11,23H,12H2,1-4H3,(H,24,25). The Morgan fingerprint density at radius 1 is 1.15 bits per heavy atom. The summed E-state index contributed by atoms with van der Waals surface area (Å²) in [4.78, 5) is 16.1. The van der Waals surface area contributed by atoms with Crippen LogP contribution in [0.4, 0.5) is 0 Å². The first-order valence-corrected chi connectivity index (χ1v) is 9.01. The molecule has 0 unspecified atom stereocenters. The van der Waals surface area contributed by atoms with Gasteiger partial charge in [0.2, 0.25) is 0 Å². The van der Waals surface area contributed by atoms with Gasteiger partial charge in [0, 0.05) is 34.1 Å². The van der Waals surface area contributed by atoms with Crippen LogP contribution in [0, 0.1) is 0 Å². The average Bonchev–Trinajstić information content (AvgIpc) is 3.09. The quantitative estimate of drug-likeness (QED) is 0.653. The minimum absolute atomic E-state index is 0.236. The molecule has 5 nitrogen and oxygen atoms in total. The summed E-state index contributed by atoms with van der Waals surface area (Å²) < 4.78 is 10.6. The van der Waals surface area contributed by atoms with Crippen molar-refractivity contribution in [3.63, 3.8) is 0 Å². The number of H-pyrrole nitrogens is 1. The van der Waals surface area contributed by atoms with Gasteiger partial charge in [0.1, 0.15) is 17.1 Å². The third-order valence-corrected chi connectivity index (χ3v) is 4.95. The van der Waals surface area contributed by atoms with E-state index in [-0.39, 0.29) is 11.3 Å². The van der Waals surface area contributed by atoms with Gasteiger partial charge in [-0.2, -0.15) is 0 Å². The van der Waals surface area contributed by atoms with Gasteiger partial charge in [0.05, 0.1) is 14.2 Å². The number of halogens is 1. The second kappa shape index (κ2) is 7.53. The second-order valence-corrected chi connectivity index (χ2v) is 7.43. The Labute approximate surface area is 163 Å². The van der Waals surface area contributed by atoms with Gasteiger partial charge in [-0.25, -0.2) is 0 Å². The van der Waals surface area contributed by atoms with Crippen molar-refractivity contribution in [2.75, 3.05) is 20.8 Å². The molecule has 0 spiro atoms. The maximum atomic E-state index is 12.8. The van der Waals surface area contributed by atoms with Crippen LogP contribution >= 0.6 is 11.6 Å². The molecule has 0 atom stereocenters. The molecule has 0 radical (unpaired) electrons. The topological polar surface area (TPSA) is 63.4 Å². The number of benzene rings is 2. The predicted molar refractivity (Wildman–Crippen MR) is 108 cm³/mol. The molecule has 1 amide bonds. The van der Waals surface area contributed by atoms with Crippen LogP contribution in [0.25, 0.3) is 10.9 Å². The molecule has 0 fully saturated rings. The minimum Gasteiger partial charge on any atom is -0.496 e. The SMILES string of the molecule is COc1cccc(OC)c1C(=O)NCC(C)(C)c1c[nH]c2cc(Cl)ccc12. The van der Waals surface area contributed by atoms with Gasteiger partial charge in [-0.15, -0.1) is 0 Å². The summed E-state index contributed by atoms with van der Waals surface area (Å²) >= 11 is 6.07. The van der Waals surface area contributed by atoms with Crippen LogP contribution in [-0.2, 0) is 5.41 Å². The lowest BCUT2D eigenvalue weighted by atomic mass is 9.84. The zero-order chi connectivity index (χ0) is 19.6. The van der Waals surface area contributed by atoms with E-state index in [2.05, 4.69) is 24.1 Å². The molecule has 1 aromatic heterocycles. The third-order valence-electron chi connectivity index (χ3n) is 4.72. The zero-order valence-corrected chi connectivity index (χ0v) is 16.6. The molecule has 3 aromatic rings. The number of methoxy groups -OCH3 is 2. The van der Waals surface area contributed by atoms with E-state index in [1.807, 2.05) is 24.4 Å². The van der Waals surface area contributed by atoms with Crippen LogP contribution in [0.2, 0.25) is 5.02 Å². The summed E-state index contributed by atoms with van der Waals surface area (Å²) in [6.07, 6.45) is 1.97. The molecule has 0 aliphatic carbocycles. The van der Waals surface area contributed by atoms with E-state index >= 15 is 0 Å². The number of carbonyl (C=O) groups is 1. The number of hydrogen-bond acceptors (Lipinski definition) is 3. The van der Waals surface area contributed by atoms with E-state index < -0.39 is 0 Å². The van der Waals surface area contributed by atoms with Crippen LogP contribution in [0.3, 0.4) is 0 Å². The van der Waals surface area contributed by atoms with Crippen molar-refractivity contribution in [2.45, 2.75) is 19.3 Å². The van der Waals surface area contributed by atoms with Gasteiger partial charge >= 0.3 is 0 Å². The van der Waals surface area contributed by atoms with Gasteiger partial charge in [0.25, 0.3) is 5.91 Å². The first kappa shape index (κ1) is 19.1. The number of aromatic nitrogens is 1. The van der Waals surface area contributed by atoms with Crippen LogP contribution in [0.1, 0.15) is 29.8 Å². The molecule has 0 bridgehead atoms. The molecule has 142 valence electrons. The van der Waals surface area contributed by atoms with Crippen molar-refractivity contribution in [3.05, 3.63) is 58.7 Å². The maximum Gasteiger partial charge on any atom is 0.258 e. The van der Waals surface area contributed by atoms with Gasteiger partial charge in [-0.1, -0.05) is 37.6 Å². The highest BCUT2D eigenvalue weighted by molar-refractivity contribution is 6.31. The summed E-state index contributed by atoms with van der Waals surface area (Å²) in [6, 6.07) is 11.0. The first-order valence-electron chi connectivity index (χ1n) is 8.63. The van der Waals surface area contributed by atoms with E-state index in [4.69, 9.17) is 21.1 Å². The fourth-order valence-corrected chi connectivity index (χ4v) is 3.39. The lowest BCUT2D eigenvalue weighted by molar-refractivity contribution is 0.0939. The van der Waals surface area contributed by atoms with Crippen LogP contribution in [0.15, 0.2) is 42.6 Å². The predicted octanol–water partition coefficient (Wildman–Crippen LogP) is 4.55. The zero-order valence-electron chi connectivity index (χ0n) is 15.9. The van der Waals surface area contributed by atoms with E-state index in [1.54, 1.807) is 18.2 Å². The molecule has 3 rings (SSSR count). The Hall–Kier alpha value is -2.66. The highest BCUT2D eigenvalue weighted by atomic mass is 35.5. The molecule has 27 heavy (non-hydrogen) atoms. The first-order chi connectivity index (χ1) is 12.9. The molecule has 6 heteroatoms. The summed E-state index contributed by atoms with van der Waals surface area (Å²) in [5.41, 5.74) is 2.19. The fourth-order valence-electron chi connectivity index (χ4n) is 3.22. The highest BCUT2D eigenvalue weighted by Gasteiger charge is 2.26. The van der Waals surface area contributed by atoms with Crippen molar-refractivity contribution in [1.82, 2.24) is 10.3 Å². The highest BCUT2D eigenvalue weighted by Crippen LogP contribution is 2.32. The molecule has 1 heterocycles. The van der Waals surface area contributed by atoms with Crippen molar-refractivity contribution < 1.29 is 14.3 Å². The Morgan fingerprint density at radius 3 is 2.44 bits per heavy atom. The maximum absolute atomic E-state index is 12.8. The molecule has 0 aliphatic heterocycles. The van der Waals surface area contributed by atoms with Crippen molar-refractivity contribution >= 4 is 28.4 Å². The van der Waals surface area contributed by atoms with Crippen LogP contribution < -0.4 is 14.8 Å². The van der Waals surface area contributed by atoms with Crippen LogP contribution in [-0.4, -0.2) is 31.7 Å². The molecule has 0 aliphatic rings. The number of fused-ring (bicyclic) bond motifs is 1. The van der Waals surface area contributed by atoms with Gasteiger partial charge < -0.3 is 19.8 Å². The van der Waals surface area contributed by atoms with E-state index in [0.717, 1.165) is 16.5 Å². The summed E-state index contributed by atoms with van der Waals surface area (Å²) in [6.45, 7) is 4.62. The van der Waals surface area contributed by atoms with Crippen molar-refractivity contribution in [2.24, 2.45) is 0 Å². The van der Waals surface area contributed by atoms with Gasteiger partial charge in [0.15, 0.2) is 0 Å². The fraction of sp³-hybridized carbons (Fsp3) is 0.286. The lowest BCUT2D eigenvalue weighted by Crippen LogP contribution is -2.36. The Balaban J connectivity index is 1.84.